The Kier molecular flexibility index (Phi) is 6.11. The number of carbonyl (C=O) groups is 1. The molecule has 0 bridgehead atoms. The van der Waals surface area contributed by atoms with Gasteiger partial charge in [0.25, 0.3) is 0 Å². The summed E-state index contributed by atoms with van der Waals surface area (Å²) in [5.74, 6) is -0.548. The zero-order valence-corrected chi connectivity index (χ0v) is 14.9. The maximum atomic E-state index is 13.4. The van der Waals surface area contributed by atoms with E-state index in [4.69, 9.17) is 0 Å². The summed E-state index contributed by atoms with van der Waals surface area (Å²) in [6, 6.07) is 22.2. The molecule has 0 aliphatic rings. The van der Waals surface area contributed by atoms with E-state index in [2.05, 4.69) is 10.6 Å². The van der Waals surface area contributed by atoms with Crippen LogP contribution in [0.3, 0.4) is 0 Å². The molecule has 0 saturated heterocycles. The summed E-state index contributed by atoms with van der Waals surface area (Å²) in [5, 5.41) is 5.02. The summed E-state index contributed by atoms with van der Waals surface area (Å²) in [4.78, 5) is 12.3. The van der Waals surface area contributed by atoms with E-state index in [1.54, 1.807) is 18.2 Å². The summed E-state index contributed by atoms with van der Waals surface area (Å²) in [6.45, 7) is -0.470. The fraction of sp³-hybridized carbons (Fsp3) is 0.136. The van der Waals surface area contributed by atoms with E-state index in [1.165, 1.54) is 24.3 Å². The van der Waals surface area contributed by atoms with Crippen LogP contribution in [-0.2, 0) is 4.79 Å². The van der Waals surface area contributed by atoms with Gasteiger partial charge in [-0.05, 0) is 17.2 Å². The van der Waals surface area contributed by atoms with Gasteiger partial charge >= 0.3 is 6.18 Å². The van der Waals surface area contributed by atoms with Crippen molar-refractivity contribution in [1.29, 1.82) is 0 Å². The Morgan fingerprint density at radius 1 is 0.821 bits per heavy atom. The highest BCUT2D eigenvalue weighted by Crippen LogP contribution is 2.32. The molecule has 6 heteroatoms. The molecular formula is C22H19F3N2O. The normalized spacial score (nSPS) is 12.4. The van der Waals surface area contributed by atoms with Crippen LogP contribution in [0.2, 0.25) is 0 Å². The third-order valence-electron chi connectivity index (χ3n) is 4.21. The van der Waals surface area contributed by atoms with Crippen LogP contribution in [0.4, 0.5) is 18.9 Å². The summed E-state index contributed by atoms with van der Waals surface area (Å²) in [7, 11) is 0. The molecule has 0 saturated carbocycles. The quantitative estimate of drug-likeness (QED) is 0.614. The van der Waals surface area contributed by atoms with E-state index in [0.717, 1.165) is 11.1 Å². The van der Waals surface area contributed by atoms with E-state index in [0.29, 0.717) is 5.69 Å². The van der Waals surface area contributed by atoms with Crippen molar-refractivity contribution in [1.82, 2.24) is 5.32 Å². The van der Waals surface area contributed by atoms with Gasteiger partial charge in [0.2, 0.25) is 5.91 Å². The Morgan fingerprint density at radius 2 is 1.39 bits per heavy atom. The predicted octanol–water partition coefficient (Wildman–Crippen LogP) is 5.19. The van der Waals surface area contributed by atoms with Crippen LogP contribution in [0.25, 0.3) is 11.1 Å². The van der Waals surface area contributed by atoms with Crippen molar-refractivity contribution >= 4 is 11.6 Å². The van der Waals surface area contributed by atoms with Crippen molar-refractivity contribution in [3.63, 3.8) is 0 Å². The lowest BCUT2D eigenvalue weighted by molar-refractivity contribution is -0.158. The minimum absolute atomic E-state index is 0.0625. The molecule has 3 nitrogen and oxygen atoms in total. The van der Waals surface area contributed by atoms with Crippen molar-refractivity contribution in [3.8, 4) is 11.1 Å². The van der Waals surface area contributed by atoms with Gasteiger partial charge in [-0.3, -0.25) is 10.1 Å². The molecule has 1 unspecified atom stereocenters. The topological polar surface area (TPSA) is 41.1 Å². The third-order valence-corrected chi connectivity index (χ3v) is 4.21. The Morgan fingerprint density at radius 3 is 2.04 bits per heavy atom. The molecular weight excluding hydrogens is 365 g/mol. The van der Waals surface area contributed by atoms with E-state index in [1.807, 2.05) is 42.5 Å². The summed E-state index contributed by atoms with van der Waals surface area (Å²) < 4.78 is 40.1. The molecule has 1 atom stereocenters. The van der Waals surface area contributed by atoms with Crippen molar-refractivity contribution in [2.45, 2.75) is 12.2 Å². The van der Waals surface area contributed by atoms with Crippen LogP contribution < -0.4 is 10.6 Å². The van der Waals surface area contributed by atoms with Crippen LogP contribution in [0.5, 0.6) is 0 Å². The lowest BCUT2D eigenvalue weighted by Gasteiger charge is -2.22. The van der Waals surface area contributed by atoms with Crippen LogP contribution >= 0.6 is 0 Å². The molecule has 0 radical (unpaired) electrons. The largest absolute Gasteiger partial charge is 0.407 e. The Labute approximate surface area is 161 Å². The third kappa shape index (κ3) is 4.98. The van der Waals surface area contributed by atoms with Gasteiger partial charge < -0.3 is 5.32 Å². The van der Waals surface area contributed by atoms with Crippen molar-refractivity contribution < 1.29 is 18.0 Å². The number of amides is 1. The maximum absolute atomic E-state index is 13.4. The first-order valence-electron chi connectivity index (χ1n) is 8.74. The van der Waals surface area contributed by atoms with Crippen LogP contribution in [0, 0.1) is 0 Å². The van der Waals surface area contributed by atoms with Crippen LogP contribution in [0.1, 0.15) is 11.6 Å². The lowest BCUT2D eigenvalue weighted by atomic mass is 10.0. The van der Waals surface area contributed by atoms with Crippen molar-refractivity contribution in [3.05, 3.63) is 90.5 Å². The van der Waals surface area contributed by atoms with Gasteiger partial charge in [0, 0.05) is 11.3 Å². The maximum Gasteiger partial charge on any atom is 0.407 e. The van der Waals surface area contributed by atoms with Crippen LogP contribution in [0.15, 0.2) is 84.9 Å². The molecule has 0 aromatic heterocycles. The highest BCUT2D eigenvalue weighted by atomic mass is 19.4. The molecule has 0 aliphatic heterocycles. The van der Waals surface area contributed by atoms with Gasteiger partial charge in [0.1, 0.15) is 6.04 Å². The number of hydrogen-bond acceptors (Lipinski definition) is 2. The SMILES string of the molecule is O=C(CNC(c1ccccc1)C(F)(F)F)Nc1ccccc1-c1ccccc1. The van der Waals surface area contributed by atoms with E-state index in [-0.39, 0.29) is 5.56 Å². The summed E-state index contributed by atoms with van der Waals surface area (Å²) in [5.41, 5.74) is 2.31. The number of anilines is 1. The second-order valence-corrected chi connectivity index (χ2v) is 6.23. The van der Waals surface area contributed by atoms with Gasteiger partial charge in [-0.15, -0.1) is 0 Å². The molecule has 0 aliphatic carbocycles. The van der Waals surface area contributed by atoms with Gasteiger partial charge in [-0.25, -0.2) is 0 Å². The number of benzene rings is 3. The molecule has 0 spiro atoms. The molecule has 0 fully saturated rings. The fourth-order valence-corrected chi connectivity index (χ4v) is 2.92. The molecule has 28 heavy (non-hydrogen) atoms. The number of rotatable bonds is 6. The molecule has 144 valence electrons. The standard InChI is InChI=1S/C22H19F3N2O/c23-22(24,25)21(17-11-5-2-6-12-17)26-15-20(28)27-19-14-8-7-13-18(19)16-9-3-1-4-10-16/h1-14,21,26H,15H2,(H,27,28). The highest BCUT2D eigenvalue weighted by Gasteiger charge is 2.40. The second-order valence-electron chi connectivity index (χ2n) is 6.23. The molecule has 0 heterocycles. The average molecular weight is 384 g/mol. The molecule has 2 N–H and O–H groups in total. The van der Waals surface area contributed by atoms with Gasteiger partial charge in [0.15, 0.2) is 0 Å². The first kappa shape index (κ1) is 19.6. The Balaban J connectivity index is 1.71. The number of hydrogen-bond donors (Lipinski definition) is 2. The summed E-state index contributed by atoms with van der Waals surface area (Å²) in [6.07, 6.45) is -4.51. The first-order valence-corrected chi connectivity index (χ1v) is 8.74. The van der Waals surface area contributed by atoms with Gasteiger partial charge in [0.05, 0.1) is 6.54 Å². The second kappa shape index (κ2) is 8.71. The zero-order chi connectivity index (χ0) is 20.0. The monoisotopic (exact) mass is 384 g/mol. The number of carbonyl (C=O) groups excluding carboxylic acids is 1. The predicted molar refractivity (Wildman–Crippen MR) is 104 cm³/mol. The number of para-hydroxylation sites is 1. The van der Waals surface area contributed by atoms with Gasteiger partial charge in [-0.2, -0.15) is 13.2 Å². The number of halogens is 3. The minimum Gasteiger partial charge on any atom is -0.324 e. The summed E-state index contributed by atoms with van der Waals surface area (Å²) >= 11 is 0. The van der Waals surface area contributed by atoms with E-state index in [9.17, 15) is 18.0 Å². The van der Waals surface area contributed by atoms with Crippen molar-refractivity contribution in [2.75, 3.05) is 11.9 Å². The zero-order valence-electron chi connectivity index (χ0n) is 14.9. The minimum atomic E-state index is -4.51. The van der Waals surface area contributed by atoms with E-state index < -0.39 is 24.7 Å². The molecule has 3 rings (SSSR count). The first-order chi connectivity index (χ1) is 13.4. The number of alkyl halides is 3. The fourth-order valence-electron chi connectivity index (χ4n) is 2.92. The van der Waals surface area contributed by atoms with Gasteiger partial charge in [-0.1, -0.05) is 78.9 Å². The highest BCUT2D eigenvalue weighted by molar-refractivity contribution is 5.96. The molecule has 1 amide bonds. The average Bonchev–Trinajstić information content (AvgIpc) is 2.69. The Hall–Kier alpha value is -3.12. The molecule has 3 aromatic carbocycles. The smallest absolute Gasteiger partial charge is 0.324 e. The Bertz CT molecular complexity index is 912. The van der Waals surface area contributed by atoms with E-state index >= 15 is 0 Å². The lowest BCUT2D eigenvalue weighted by Crippen LogP contribution is -2.38. The molecule has 3 aromatic rings. The van der Waals surface area contributed by atoms with Crippen LogP contribution in [-0.4, -0.2) is 18.6 Å². The number of nitrogens with one attached hydrogen (secondary N) is 2. The van der Waals surface area contributed by atoms with Crippen molar-refractivity contribution in [2.24, 2.45) is 0 Å².